The van der Waals surface area contributed by atoms with Crippen molar-refractivity contribution in [2.75, 3.05) is 0 Å². The highest BCUT2D eigenvalue weighted by molar-refractivity contribution is 5.74. The number of rotatable bonds is 4. The molecule has 3 aromatic carbocycles. The fourth-order valence-electron chi connectivity index (χ4n) is 8.07. The lowest BCUT2D eigenvalue weighted by atomic mass is 9.59. The van der Waals surface area contributed by atoms with Crippen molar-refractivity contribution in [3.8, 4) is 45.2 Å². The van der Waals surface area contributed by atoms with E-state index in [-0.39, 0.29) is 37.9 Å². The van der Waals surface area contributed by atoms with Crippen LogP contribution in [-0.4, -0.2) is 15.0 Å². The largest absolute Gasteiger partial charge is 0.255 e. The Bertz CT molecular complexity index is 2090. The predicted octanol–water partition coefficient (Wildman–Crippen LogP) is 14.3. The summed E-state index contributed by atoms with van der Waals surface area (Å²) >= 11 is 0. The molecular formula is C52H67N3. The van der Waals surface area contributed by atoms with Gasteiger partial charge in [-0.3, -0.25) is 4.98 Å². The van der Waals surface area contributed by atoms with Gasteiger partial charge in [-0.05, 0) is 120 Å². The van der Waals surface area contributed by atoms with Crippen molar-refractivity contribution in [2.45, 2.75) is 157 Å². The minimum Gasteiger partial charge on any atom is -0.255 e. The first-order valence-electron chi connectivity index (χ1n) is 20.4. The molecule has 0 spiro atoms. The molecule has 290 valence electrons. The van der Waals surface area contributed by atoms with E-state index in [0.29, 0.717) is 5.82 Å². The molecule has 0 N–H and O–H groups in total. The van der Waals surface area contributed by atoms with Crippen LogP contribution in [0.5, 0.6) is 0 Å². The van der Waals surface area contributed by atoms with Crippen LogP contribution in [0.25, 0.3) is 45.2 Å². The zero-order valence-corrected chi connectivity index (χ0v) is 37.3. The van der Waals surface area contributed by atoms with E-state index in [2.05, 4.69) is 197 Å². The molecule has 5 aromatic rings. The molecule has 1 aliphatic rings. The maximum atomic E-state index is 5.34. The number of hydrogen-bond donors (Lipinski definition) is 0. The summed E-state index contributed by atoms with van der Waals surface area (Å²) in [6.07, 6.45) is 1.96. The lowest BCUT2D eigenvalue weighted by Crippen LogP contribution is -2.42. The molecule has 0 unspecified atom stereocenters. The minimum atomic E-state index is -0.0185. The van der Waals surface area contributed by atoms with Crippen LogP contribution in [0.2, 0.25) is 0 Å². The molecule has 6 rings (SSSR count). The van der Waals surface area contributed by atoms with Gasteiger partial charge in [0.2, 0.25) is 0 Å². The Morgan fingerprint density at radius 3 is 1.16 bits per heavy atom. The van der Waals surface area contributed by atoms with Gasteiger partial charge in [0.15, 0.2) is 5.82 Å². The normalized spacial score (nSPS) is 16.6. The summed E-state index contributed by atoms with van der Waals surface area (Å²) < 4.78 is 0. The highest BCUT2D eigenvalue weighted by Crippen LogP contribution is 2.61. The van der Waals surface area contributed by atoms with Gasteiger partial charge in [0.05, 0.1) is 17.1 Å². The van der Waals surface area contributed by atoms with E-state index in [9.17, 15) is 0 Å². The molecular weight excluding hydrogens is 667 g/mol. The summed E-state index contributed by atoms with van der Waals surface area (Å²) in [6, 6.07) is 27.5. The smallest absolute Gasteiger partial charge is 0.161 e. The average Bonchev–Trinajstić information content (AvgIpc) is 3.19. The van der Waals surface area contributed by atoms with Crippen molar-refractivity contribution in [1.82, 2.24) is 15.0 Å². The van der Waals surface area contributed by atoms with Crippen molar-refractivity contribution in [3.05, 3.63) is 112 Å². The van der Waals surface area contributed by atoms with Gasteiger partial charge in [-0.2, -0.15) is 0 Å². The van der Waals surface area contributed by atoms with E-state index in [1.807, 2.05) is 6.20 Å². The van der Waals surface area contributed by atoms with Crippen molar-refractivity contribution in [1.29, 1.82) is 0 Å². The van der Waals surface area contributed by atoms with Gasteiger partial charge < -0.3 is 0 Å². The zero-order chi connectivity index (χ0) is 40.9. The predicted molar refractivity (Wildman–Crippen MR) is 236 cm³/mol. The van der Waals surface area contributed by atoms with Gasteiger partial charge in [-0.1, -0.05) is 149 Å². The fraction of sp³-hybridized carbons (Fsp3) is 0.481. The Labute approximate surface area is 333 Å². The van der Waals surface area contributed by atoms with Crippen molar-refractivity contribution < 1.29 is 0 Å². The van der Waals surface area contributed by atoms with Gasteiger partial charge in [0.25, 0.3) is 0 Å². The second-order valence-electron chi connectivity index (χ2n) is 22.1. The summed E-state index contributed by atoms with van der Waals surface area (Å²) in [5.74, 6) is 0.682. The fourth-order valence-corrected chi connectivity index (χ4v) is 8.07. The number of hydrogen-bond acceptors (Lipinski definition) is 3. The van der Waals surface area contributed by atoms with Crippen LogP contribution in [-0.2, 0) is 32.5 Å². The number of pyridine rings is 1. The standard InChI is InChI=1S/C52H67N3/c1-46(2,3)36-23-34(24-37(28-36)47(4,5)6)43-30-44(35-25-38(48(7,8)9)29-39(26-35)49(10,11)12)55-45(54-43)33-20-22-42(53-31-33)32-19-21-40-41(27-32)51(15,16)52(17,18)50(40,13)14/h19-31H,1-18H3. The highest BCUT2D eigenvalue weighted by Gasteiger charge is 2.56. The van der Waals surface area contributed by atoms with Crippen LogP contribution in [0, 0.1) is 5.41 Å². The minimum absolute atomic E-state index is 0.0185. The van der Waals surface area contributed by atoms with Crippen LogP contribution in [0.4, 0.5) is 0 Å². The van der Waals surface area contributed by atoms with Crippen LogP contribution < -0.4 is 0 Å². The molecule has 0 aliphatic heterocycles. The monoisotopic (exact) mass is 734 g/mol. The average molecular weight is 734 g/mol. The molecule has 55 heavy (non-hydrogen) atoms. The molecule has 2 heterocycles. The summed E-state index contributed by atoms with van der Waals surface area (Å²) in [5, 5.41) is 0. The van der Waals surface area contributed by atoms with E-state index in [1.165, 1.54) is 33.4 Å². The molecule has 3 nitrogen and oxygen atoms in total. The maximum Gasteiger partial charge on any atom is 0.161 e. The SMILES string of the molecule is CC(C)(C)c1cc(-c2cc(-c3cc(C(C)(C)C)cc(C(C)(C)C)c3)nc(-c3ccc(-c4ccc5c(c4)C(C)(C)C(C)(C)C5(C)C)nc3)n2)cc(C(C)(C)C)c1. The first kappa shape index (κ1) is 40.6. The molecule has 2 aromatic heterocycles. The first-order valence-corrected chi connectivity index (χ1v) is 20.4. The van der Waals surface area contributed by atoms with Gasteiger partial charge in [0, 0.05) is 28.5 Å². The topological polar surface area (TPSA) is 38.7 Å². The lowest BCUT2D eigenvalue weighted by Gasteiger charge is -2.44. The molecule has 0 fully saturated rings. The van der Waals surface area contributed by atoms with Gasteiger partial charge in [0.1, 0.15) is 0 Å². The lowest BCUT2D eigenvalue weighted by molar-refractivity contribution is 0.125. The maximum absolute atomic E-state index is 5.34. The third-order valence-corrected chi connectivity index (χ3v) is 13.5. The molecule has 0 radical (unpaired) electrons. The summed E-state index contributed by atoms with van der Waals surface area (Å²) in [6.45, 7) is 41.9. The van der Waals surface area contributed by atoms with Crippen LogP contribution in [0.3, 0.4) is 0 Å². The second-order valence-corrected chi connectivity index (χ2v) is 22.1. The quantitative estimate of drug-likeness (QED) is 0.185. The number of fused-ring (bicyclic) bond motifs is 1. The molecule has 0 atom stereocenters. The van der Waals surface area contributed by atoms with Gasteiger partial charge in [-0.25, -0.2) is 9.97 Å². The molecule has 0 saturated carbocycles. The number of aromatic nitrogens is 3. The Hall–Kier alpha value is -4.11. The second kappa shape index (κ2) is 13.0. The number of nitrogens with zero attached hydrogens (tertiary/aromatic N) is 3. The molecule has 1 aliphatic carbocycles. The van der Waals surface area contributed by atoms with E-state index in [0.717, 1.165) is 39.3 Å². The van der Waals surface area contributed by atoms with Crippen LogP contribution >= 0.6 is 0 Å². The summed E-state index contributed by atoms with van der Waals surface area (Å²) in [5.41, 5.74) is 15.3. The number of benzene rings is 3. The van der Waals surface area contributed by atoms with Crippen molar-refractivity contribution in [2.24, 2.45) is 5.41 Å². The van der Waals surface area contributed by atoms with Gasteiger partial charge in [-0.15, -0.1) is 0 Å². The molecule has 0 bridgehead atoms. The van der Waals surface area contributed by atoms with Crippen LogP contribution in [0.15, 0.2) is 79.0 Å². The van der Waals surface area contributed by atoms with E-state index in [4.69, 9.17) is 15.0 Å². The first-order chi connectivity index (χ1) is 25.0. The molecule has 3 heteroatoms. The highest BCUT2D eigenvalue weighted by atomic mass is 14.9. The van der Waals surface area contributed by atoms with Crippen molar-refractivity contribution >= 4 is 0 Å². The third-order valence-electron chi connectivity index (χ3n) is 13.5. The Morgan fingerprint density at radius 1 is 0.382 bits per heavy atom. The van der Waals surface area contributed by atoms with Crippen molar-refractivity contribution in [3.63, 3.8) is 0 Å². The molecule has 0 amide bonds. The third kappa shape index (κ3) is 7.34. The van der Waals surface area contributed by atoms with Gasteiger partial charge >= 0.3 is 0 Å². The summed E-state index contributed by atoms with van der Waals surface area (Å²) in [4.78, 5) is 15.8. The zero-order valence-electron chi connectivity index (χ0n) is 37.3. The Kier molecular flexibility index (Phi) is 9.56. The summed E-state index contributed by atoms with van der Waals surface area (Å²) in [7, 11) is 0. The molecule has 0 saturated heterocycles. The Balaban J connectivity index is 1.54. The van der Waals surface area contributed by atoms with E-state index < -0.39 is 0 Å². The Morgan fingerprint density at radius 2 is 0.782 bits per heavy atom. The van der Waals surface area contributed by atoms with Crippen LogP contribution in [0.1, 0.15) is 158 Å². The van der Waals surface area contributed by atoms with E-state index in [1.54, 1.807) is 0 Å². The van der Waals surface area contributed by atoms with E-state index >= 15 is 0 Å².